The van der Waals surface area contributed by atoms with Crippen LogP contribution in [0.4, 0.5) is 0 Å². The first kappa shape index (κ1) is 26.2. The van der Waals surface area contributed by atoms with Gasteiger partial charge in [-0.15, -0.1) is 0 Å². The largest absolute Gasteiger partial charge is 0.332 e. The number of unbranched alkanes of at least 4 members (excludes halogenated alkanes) is 14. The SMILES string of the molecule is CCCCCCCCCCCCCCCCC[C@@H](C(C)C)C(C)(C)n1ccnc1. The molecular weight excluding hydrogens is 352 g/mol. The summed E-state index contributed by atoms with van der Waals surface area (Å²) in [7, 11) is 0. The molecule has 1 heterocycles. The Hall–Kier alpha value is -0.790. The summed E-state index contributed by atoms with van der Waals surface area (Å²) in [4.78, 5) is 4.27. The molecule has 0 N–H and O–H groups in total. The molecular formula is C27H52N2. The molecule has 0 radical (unpaired) electrons. The molecule has 0 fully saturated rings. The fourth-order valence-corrected chi connectivity index (χ4v) is 5.03. The van der Waals surface area contributed by atoms with Gasteiger partial charge in [0, 0.05) is 17.9 Å². The number of aromatic nitrogens is 2. The summed E-state index contributed by atoms with van der Waals surface area (Å²) in [6, 6.07) is 0. The van der Waals surface area contributed by atoms with Crippen molar-refractivity contribution in [3.63, 3.8) is 0 Å². The Morgan fingerprint density at radius 1 is 0.724 bits per heavy atom. The molecule has 29 heavy (non-hydrogen) atoms. The summed E-state index contributed by atoms with van der Waals surface area (Å²) in [5.74, 6) is 1.41. The summed E-state index contributed by atoms with van der Waals surface area (Å²) in [5, 5.41) is 0. The van der Waals surface area contributed by atoms with Crippen molar-refractivity contribution in [2.75, 3.05) is 0 Å². The van der Waals surface area contributed by atoms with Crippen molar-refractivity contribution in [2.24, 2.45) is 11.8 Å². The van der Waals surface area contributed by atoms with E-state index >= 15 is 0 Å². The molecule has 0 unspecified atom stereocenters. The van der Waals surface area contributed by atoms with Gasteiger partial charge in [0.05, 0.1) is 6.33 Å². The molecule has 1 aromatic rings. The van der Waals surface area contributed by atoms with E-state index in [1.807, 2.05) is 12.5 Å². The maximum atomic E-state index is 4.27. The standard InChI is InChI=1S/C27H52N2/c1-6-7-8-9-10-11-12-13-14-15-16-17-18-19-20-21-26(25(2)3)27(4,5)29-23-22-28-24-29/h22-26H,6-21H2,1-5H3/t26-/m0/s1. The Morgan fingerprint density at radius 3 is 1.55 bits per heavy atom. The number of rotatable bonds is 19. The van der Waals surface area contributed by atoms with Crippen molar-refractivity contribution in [1.82, 2.24) is 9.55 Å². The topological polar surface area (TPSA) is 17.8 Å². The van der Waals surface area contributed by atoms with Gasteiger partial charge in [0.2, 0.25) is 0 Å². The van der Waals surface area contributed by atoms with Crippen LogP contribution in [0.2, 0.25) is 0 Å². The van der Waals surface area contributed by atoms with E-state index in [1.165, 1.54) is 103 Å². The van der Waals surface area contributed by atoms with Crippen LogP contribution in [0.25, 0.3) is 0 Å². The average Bonchev–Trinajstić information content (AvgIpc) is 3.23. The third kappa shape index (κ3) is 11.2. The first-order valence-corrected chi connectivity index (χ1v) is 13.0. The summed E-state index contributed by atoms with van der Waals surface area (Å²) in [6.45, 7) is 11.8. The molecule has 0 aliphatic rings. The van der Waals surface area contributed by atoms with Crippen LogP contribution in [-0.2, 0) is 5.54 Å². The zero-order valence-electron chi connectivity index (χ0n) is 20.6. The van der Waals surface area contributed by atoms with Crippen LogP contribution in [0.15, 0.2) is 18.7 Å². The summed E-state index contributed by atoms with van der Waals surface area (Å²) < 4.78 is 2.31. The lowest BCUT2D eigenvalue weighted by Gasteiger charge is -2.38. The summed E-state index contributed by atoms with van der Waals surface area (Å²) >= 11 is 0. The fourth-order valence-electron chi connectivity index (χ4n) is 5.03. The van der Waals surface area contributed by atoms with Crippen LogP contribution in [-0.4, -0.2) is 9.55 Å². The van der Waals surface area contributed by atoms with Crippen molar-refractivity contribution >= 4 is 0 Å². The molecule has 0 bridgehead atoms. The van der Waals surface area contributed by atoms with Gasteiger partial charge in [-0.1, -0.05) is 117 Å². The smallest absolute Gasteiger partial charge is 0.0951 e. The third-order valence-electron chi connectivity index (χ3n) is 7.00. The van der Waals surface area contributed by atoms with E-state index in [0.29, 0.717) is 11.8 Å². The van der Waals surface area contributed by atoms with E-state index in [4.69, 9.17) is 0 Å². The predicted octanol–water partition coefficient (Wildman–Crippen LogP) is 9.15. The Balaban J connectivity index is 2.00. The molecule has 1 atom stereocenters. The highest BCUT2D eigenvalue weighted by Crippen LogP contribution is 2.35. The Labute approximate surface area is 183 Å². The molecule has 0 amide bonds. The minimum absolute atomic E-state index is 0.153. The molecule has 1 rings (SSSR count). The van der Waals surface area contributed by atoms with E-state index in [1.54, 1.807) is 0 Å². The van der Waals surface area contributed by atoms with Gasteiger partial charge in [-0.3, -0.25) is 0 Å². The number of imidazole rings is 1. The van der Waals surface area contributed by atoms with E-state index in [2.05, 4.69) is 50.4 Å². The van der Waals surface area contributed by atoms with Gasteiger partial charge in [-0.2, -0.15) is 0 Å². The van der Waals surface area contributed by atoms with Crippen LogP contribution in [0, 0.1) is 11.8 Å². The number of hydrogen-bond donors (Lipinski definition) is 0. The molecule has 0 aliphatic heterocycles. The van der Waals surface area contributed by atoms with Crippen LogP contribution >= 0.6 is 0 Å². The minimum atomic E-state index is 0.153. The van der Waals surface area contributed by atoms with Crippen LogP contribution in [0.3, 0.4) is 0 Å². The lowest BCUT2D eigenvalue weighted by Crippen LogP contribution is -2.37. The molecule has 0 saturated carbocycles. The van der Waals surface area contributed by atoms with E-state index in [0.717, 1.165) is 0 Å². The lowest BCUT2D eigenvalue weighted by molar-refractivity contribution is 0.147. The normalized spacial score (nSPS) is 13.3. The van der Waals surface area contributed by atoms with Crippen molar-refractivity contribution in [2.45, 2.75) is 143 Å². The highest BCUT2D eigenvalue weighted by Gasteiger charge is 2.32. The highest BCUT2D eigenvalue weighted by atomic mass is 15.1. The van der Waals surface area contributed by atoms with Gasteiger partial charge in [0.1, 0.15) is 0 Å². The molecule has 0 aliphatic carbocycles. The molecule has 0 saturated heterocycles. The number of hydrogen-bond acceptors (Lipinski definition) is 1. The number of nitrogens with zero attached hydrogens (tertiary/aromatic N) is 2. The maximum Gasteiger partial charge on any atom is 0.0951 e. The quantitative estimate of drug-likeness (QED) is 0.210. The van der Waals surface area contributed by atoms with Crippen molar-refractivity contribution < 1.29 is 0 Å². The molecule has 170 valence electrons. The van der Waals surface area contributed by atoms with Crippen LogP contribution in [0.1, 0.15) is 137 Å². The van der Waals surface area contributed by atoms with Gasteiger partial charge < -0.3 is 4.57 Å². The monoisotopic (exact) mass is 404 g/mol. The van der Waals surface area contributed by atoms with Gasteiger partial charge in [0.25, 0.3) is 0 Å². The first-order chi connectivity index (χ1) is 14.0. The van der Waals surface area contributed by atoms with Crippen LogP contribution < -0.4 is 0 Å². The Morgan fingerprint density at radius 2 is 1.17 bits per heavy atom. The van der Waals surface area contributed by atoms with Crippen molar-refractivity contribution in [3.05, 3.63) is 18.7 Å². The Bertz CT molecular complexity index is 461. The molecule has 1 aromatic heterocycles. The van der Waals surface area contributed by atoms with Gasteiger partial charge in [-0.05, 0) is 32.1 Å². The van der Waals surface area contributed by atoms with E-state index in [-0.39, 0.29) is 5.54 Å². The predicted molar refractivity (Wildman–Crippen MR) is 129 cm³/mol. The zero-order valence-corrected chi connectivity index (χ0v) is 20.6. The molecule has 0 aromatic carbocycles. The molecule has 2 heteroatoms. The second kappa shape index (κ2) is 16.0. The van der Waals surface area contributed by atoms with Crippen molar-refractivity contribution in [1.29, 1.82) is 0 Å². The second-order valence-electron chi connectivity index (χ2n) is 10.2. The van der Waals surface area contributed by atoms with Crippen molar-refractivity contribution in [3.8, 4) is 0 Å². The average molecular weight is 405 g/mol. The van der Waals surface area contributed by atoms with Gasteiger partial charge in [0.15, 0.2) is 0 Å². The Kier molecular flexibility index (Phi) is 14.5. The second-order valence-corrected chi connectivity index (χ2v) is 10.2. The van der Waals surface area contributed by atoms with Gasteiger partial charge in [-0.25, -0.2) is 4.98 Å². The minimum Gasteiger partial charge on any atom is -0.332 e. The summed E-state index contributed by atoms with van der Waals surface area (Å²) in [5.41, 5.74) is 0.153. The zero-order chi connectivity index (χ0) is 21.4. The van der Waals surface area contributed by atoms with Crippen LogP contribution in [0.5, 0.6) is 0 Å². The fraction of sp³-hybridized carbons (Fsp3) is 0.889. The first-order valence-electron chi connectivity index (χ1n) is 13.0. The third-order valence-corrected chi connectivity index (χ3v) is 7.00. The molecule has 2 nitrogen and oxygen atoms in total. The molecule has 0 spiro atoms. The lowest BCUT2D eigenvalue weighted by atomic mass is 9.76. The van der Waals surface area contributed by atoms with E-state index < -0.39 is 0 Å². The van der Waals surface area contributed by atoms with Gasteiger partial charge >= 0.3 is 0 Å². The van der Waals surface area contributed by atoms with E-state index in [9.17, 15) is 0 Å². The summed E-state index contributed by atoms with van der Waals surface area (Å²) in [6.07, 6.45) is 28.9. The highest BCUT2D eigenvalue weighted by molar-refractivity contribution is 4.91. The maximum absolute atomic E-state index is 4.27.